The highest BCUT2D eigenvalue weighted by atomic mass is 32.1. The van der Waals surface area contributed by atoms with Crippen LogP contribution in [-0.4, -0.2) is 200 Å². The number of benzene rings is 1. The molecule has 1 aromatic heterocycles. The van der Waals surface area contributed by atoms with Crippen LogP contribution in [-0.2, 0) is 70.4 Å². The lowest BCUT2D eigenvalue weighted by molar-refractivity contribution is -0.145. The van der Waals surface area contributed by atoms with Gasteiger partial charge in [-0.05, 0) is 81.1 Å². The molecule has 2 aromatic rings. The Balaban J connectivity index is 1.45. The lowest BCUT2D eigenvalue weighted by atomic mass is 9.96. The zero-order chi connectivity index (χ0) is 70.8. The molecule has 14 atom stereocenters. The summed E-state index contributed by atoms with van der Waals surface area (Å²) < 4.78 is 0. The van der Waals surface area contributed by atoms with E-state index in [1.807, 2.05) is 27.7 Å². The number of amides is 12. The van der Waals surface area contributed by atoms with Crippen LogP contribution in [0.15, 0.2) is 47.8 Å². The minimum absolute atomic E-state index is 0.0103. The molecule has 30 nitrogen and oxygen atoms in total. The fraction of sp³-hybridized carbons (Fsp3) is 0.651. The predicted octanol–water partition coefficient (Wildman–Crippen LogP) is -1.92. The number of aromatic amines is 1. The van der Waals surface area contributed by atoms with Crippen molar-refractivity contribution >= 4 is 102 Å². The van der Waals surface area contributed by atoms with E-state index in [4.69, 9.17) is 22.9 Å². The second-order valence-electron chi connectivity index (χ2n) is 25.3. The van der Waals surface area contributed by atoms with Crippen LogP contribution in [0.4, 0.5) is 0 Å². The highest BCUT2D eigenvalue weighted by Crippen LogP contribution is 2.25. The van der Waals surface area contributed by atoms with Gasteiger partial charge in [0.1, 0.15) is 66.5 Å². The number of hydrogen-bond donors (Lipinski definition) is 16. The largest absolute Gasteiger partial charge is 0.370 e. The first-order valence-electron chi connectivity index (χ1n) is 32.6. The van der Waals surface area contributed by atoms with E-state index in [1.165, 1.54) is 29.2 Å². The van der Waals surface area contributed by atoms with E-state index in [2.05, 4.69) is 88.1 Å². The van der Waals surface area contributed by atoms with Gasteiger partial charge in [-0.2, -0.15) is 25.3 Å². The Morgan fingerprint density at radius 2 is 1.11 bits per heavy atom. The molecule has 0 unspecified atom stereocenters. The number of aliphatic imine (C=N–C) groups is 1. The molecule has 4 rings (SSSR count). The molecule has 2 aliphatic heterocycles. The Morgan fingerprint density at radius 3 is 1.62 bits per heavy atom. The van der Waals surface area contributed by atoms with Crippen LogP contribution in [0, 0.1) is 23.7 Å². The maximum Gasteiger partial charge on any atom is 0.246 e. The second-order valence-corrected chi connectivity index (χ2v) is 26.0. The number of aromatic nitrogens is 2. The van der Waals surface area contributed by atoms with E-state index in [-0.39, 0.29) is 81.5 Å². The number of H-pyrrole nitrogens is 1. The molecule has 18 N–H and O–H groups in total. The summed E-state index contributed by atoms with van der Waals surface area (Å²) in [5.41, 5.74) is 23.6. The lowest BCUT2D eigenvalue weighted by Gasteiger charge is -2.34. The quantitative estimate of drug-likeness (QED) is 0.0151. The summed E-state index contributed by atoms with van der Waals surface area (Å²) in [7, 11) is 0. The SMILES string of the molecule is CC[C@H](C)[C@H](NC(=O)[C@@H]1CCCN1C(=O)[C@H](CC(C)C)NC(=O)[C@@H]1CCCN1C(=O)[C@@H](NC(=O)[C@H](C)NC(=O)[C@H](Cc1ccccc1)NC(=O)[C@H](CS)NC(=O)[C@@H](NC(=O)[C@@H](N)CCCN=C(N)N)C(C)C)[C@@H](C)CC)C(=O)N[C@@H](CS)C(=O)N[C@@H](Cc1cnc[nH]1)C(N)=O. The van der Waals surface area contributed by atoms with Crippen molar-refractivity contribution in [2.24, 2.45) is 51.6 Å². The van der Waals surface area contributed by atoms with Gasteiger partial charge in [-0.15, -0.1) is 0 Å². The third kappa shape index (κ3) is 24.3. The second kappa shape index (κ2) is 39.1. The molecule has 2 fully saturated rings. The van der Waals surface area contributed by atoms with Crippen LogP contribution in [0.3, 0.4) is 0 Å². The number of nitrogens with zero attached hydrogens (tertiary/aromatic N) is 4. The molecule has 0 bridgehead atoms. The van der Waals surface area contributed by atoms with Gasteiger partial charge in [0.05, 0.1) is 12.4 Å². The number of nitrogens with two attached hydrogens (primary N) is 4. The van der Waals surface area contributed by atoms with Crippen molar-refractivity contribution in [2.45, 2.75) is 205 Å². The van der Waals surface area contributed by atoms with Crippen LogP contribution in [0.5, 0.6) is 0 Å². The minimum atomic E-state index is -1.31. The van der Waals surface area contributed by atoms with Gasteiger partial charge in [0.2, 0.25) is 70.9 Å². The number of nitrogens with one attached hydrogen (secondary N) is 10. The molecule has 1 aromatic carbocycles. The summed E-state index contributed by atoms with van der Waals surface area (Å²) in [4.78, 5) is 181. The highest BCUT2D eigenvalue weighted by molar-refractivity contribution is 7.80. The first kappa shape index (κ1) is 79.4. The van der Waals surface area contributed by atoms with Crippen molar-refractivity contribution in [3.8, 4) is 0 Å². The summed E-state index contributed by atoms with van der Waals surface area (Å²) in [5.74, 6) is -10.2. The number of likely N-dealkylation sites (tertiary alicyclic amines) is 2. The van der Waals surface area contributed by atoms with Crippen molar-refractivity contribution in [1.82, 2.24) is 67.6 Å². The number of carbonyl (C=O) groups is 12. The minimum Gasteiger partial charge on any atom is -0.370 e. The number of primary amides is 1. The fourth-order valence-corrected chi connectivity index (χ4v) is 11.6. The third-order valence-electron chi connectivity index (χ3n) is 17.1. The van der Waals surface area contributed by atoms with Crippen molar-refractivity contribution in [1.29, 1.82) is 0 Å². The van der Waals surface area contributed by atoms with Gasteiger partial charge < -0.3 is 85.6 Å². The molecule has 95 heavy (non-hydrogen) atoms. The molecule has 0 radical (unpaired) electrons. The molecule has 528 valence electrons. The maximum absolute atomic E-state index is 14.8. The summed E-state index contributed by atoms with van der Waals surface area (Å²) in [6, 6.07) is -5.22. The fourth-order valence-electron chi connectivity index (χ4n) is 11.0. The Morgan fingerprint density at radius 1 is 0.589 bits per heavy atom. The smallest absolute Gasteiger partial charge is 0.246 e. The average molecular weight is 1370 g/mol. The zero-order valence-corrected chi connectivity index (χ0v) is 57.8. The Labute approximate surface area is 567 Å². The van der Waals surface area contributed by atoms with Crippen molar-refractivity contribution in [3.63, 3.8) is 0 Å². The molecule has 2 saturated heterocycles. The summed E-state index contributed by atoms with van der Waals surface area (Å²) in [6.45, 7) is 16.2. The number of carbonyl (C=O) groups excluding carboxylic acids is 12. The average Bonchev–Trinajstić information content (AvgIpc) is 1.74. The van der Waals surface area contributed by atoms with Crippen molar-refractivity contribution in [3.05, 3.63) is 54.1 Å². The van der Waals surface area contributed by atoms with Gasteiger partial charge in [-0.3, -0.25) is 62.5 Å². The molecule has 3 heterocycles. The van der Waals surface area contributed by atoms with E-state index >= 15 is 0 Å². The molecule has 0 aliphatic carbocycles. The summed E-state index contributed by atoms with van der Waals surface area (Å²) >= 11 is 8.61. The monoisotopic (exact) mass is 1370 g/mol. The van der Waals surface area contributed by atoms with Crippen LogP contribution in [0.2, 0.25) is 0 Å². The van der Waals surface area contributed by atoms with E-state index in [0.29, 0.717) is 43.4 Å². The van der Waals surface area contributed by atoms with E-state index in [9.17, 15) is 57.5 Å². The Bertz CT molecular complexity index is 2960. The number of guanidine groups is 1. The molecular formula is C63H102N18O12S2. The highest BCUT2D eigenvalue weighted by Gasteiger charge is 2.44. The number of imidazole rings is 1. The summed E-state index contributed by atoms with van der Waals surface area (Å²) in [5, 5.41) is 24.4. The molecule has 2 aliphatic rings. The first-order valence-corrected chi connectivity index (χ1v) is 33.9. The van der Waals surface area contributed by atoms with Gasteiger partial charge >= 0.3 is 0 Å². The van der Waals surface area contributed by atoms with Gasteiger partial charge in [0, 0.05) is 55.9 Å². The molecule has 32 heteroatoms. The van der Waals surface area contributed by atoms with E-state index in [0.717, 1.165) is 0 Å². The number of thiol groups is 2. The lowest BCUT2D eigenvalue weighted by Crippen LogP contribution is -2.61. The number of rotatable bonds is 38. The third-order valence-corrected chi connectivity index (χ3v) is 17.8. The van der Waals surface area contributed by atoms with E-state index < -0.39 is 161 Å². The van der Waals surface area contributed by atoms with Gasteiger partial charge in [-0.25, -0.2) is 4.98 Å². The molecule has 0 saturated carbocycles. The van der Waals surface area contributed by atoms with Crippen LogP contribution >= 0.6 is 25.3 Å². The van der Waals surface area contributed by atoms with Gasteiger partial charge in [0.15, 0.2) is 5.96 Å². The molecule has 12 amide bonds. The standard InChI is InChI=1S/C63H102N18O12S2/c1-10-35(7)49(60(91)76-44(30-94)55(86)72-41(51(65)82)28-39-29-68-32-70-39)78-58(89)47-22-16-24-80(47)61(92)43(26-33(3)4)74-57(88)46-21-17-25-81(46)62(93)50(36(8)11-2)79-52(83)37(9)71-54(85)42(27-38-18-13-12-14-19-38)73-56(87)45(31-95)75-59(90)48(34(5)6)77-53(84)40(64)20-15-23-69-63(66)67/h12-14,18-19,29,32-37,40-50,94-95H,10-11,15-17,20-28,30-31,64H2,1-9H3,(H2,65,82)(H,68,70)(H,71,85)(H,72,86)(H,73,87)(H,74,88)(H,75,90)(H,76,91)(H,77,84)(H,78,89)(H,79,83)(H4,66,67,69)/t35-,36-,37-,40-,41-,42-,43-,44-,45-,46-,47-,48-,49-,50-/m0/s1. The zero-order valence-electron chi connectivity index (χ0n) is 56.0. The van der Waals surface area contributed by atoms with Crippen molar-refractivity contribution < 1.29 is 57.5 Å². The molecule has 0 spiro atoms. The Kier molecular flexibility index (Phi) is 32.7. The van der Waals surface area contributed by atoms with Crippen LogP contribution < -0.4 is 70.8 Å². The maximum atomic E-state index is 14.8. The van der Waals surface area contributed by atoms with Gasteiger partial charge in [-0.1, -0.05) is 98.6 Å². The number of hydrogen-bond acceptors (Lipinski definition) is 17. The van der Waals surface area contributed by atoms with Crippen molar-refractivity contribution in [2.75, 3.05) is 31.1 Å². The predicted molar refractivity (Wildman–Crippen MR) is 363 cm³/mol. The van der Waals surface area contributed by atoms with Crippen LogP contribution in [0.25, 0.3) is 0 Å². The van der Waals surface area contributed by atoms with Crippen LogP contribution in [0.1, 0.15) is 131 Å². The van der Waals surface area contributed by atoms with Gasteiger partial charge in [0.25, 0.3) is 0 Å². The van der Waals surface area contributed by atoms with E-state index in [1.54, 1.807) is 58.0 Å². The topological polar surface area (TPSA) is 465 Å². The molecular weight excluding hydrogens is 1260 g/mol. The normalized spacial score (nSPS) is 18.3. The summed E-state index contributed by atoms with van der Waals surface area (Å²) in [6.07, 6.45) is 5.79. The first-order chi connectivity index (χ1) is 45.0. The Hall–Kier alpha value is -8.00.